The number of alkyl halides is 2. The summed E-state index contributed by atoms with van der Waals surface area (Å²) in [6.45, 7) is 9.37. The number of benzene rings is 5. The first-order chi connectivity index (χ1) is 30.3. The summed E-state index contributed by atoms with van der Waals surface area (Å²) in [4.78, 5) is 78.1. The Kier molecular flexibility index (Phi) is 16.6. The minimum absolute atomic E-state index is 0.124. The quantitative estimate of drug-likeness (QED) is 0.0431. The van der Waals surface area contributed by atoms with E-state index >= 15 is 0 Å². The maximum atomic E-state index is 13.5. The third kappa shape index (κ3) is 13.3. The van der Waals surface area contributed by atoms with Crippen molar-refractivity contribution in [3.63, 3.8) is 0 Å². The lowest BCUT2D eigenvalue weighted by Gasteiger charge is -2.17. The van der Waals surface area contributed by atoms with E-state index in [1.165, 1.54) is 50.2 Å². The zero-order valence-electron chi connectivity index (χ0n) is 35.3. The topological polar surface area (TPSA) is 200 Å². The summed E-state index contributed by atoms with van der Waals surface area (Å²) in [5, 5.41) is 27.0. The summed E-state index contributed by atoms with van der Waals surface area (Å²) in [7, 11) is 0. The molecule has 4 N–H and O–H groups in total. The van der Waals surface area contributed by atoms with Crippen LogP contribution in [0, 0.1) is 13.8 Å². The minimum atomic E-state index is -1.57. The molecule has 18 heteroatoms. The summed E-state index contributed by atoms with van der Waals surface area (Å²) < 4.78 is 0. The maximum absolute atomic E-state index is 13.5. The molecule has 5 rings (SSSR count). The van der Waals surface area contributed by atoms with Gasteiger partial charge in [-0.25, -0.2) is 0 Å². The number of halogens is 4. The van der Waals surface area contributed by atoms with Crippen molar-refractivity contribution in [1.29, 1.82) is 0 Å². The fraction of sp³-hybridized carbons (Fsp3) is 0.217. The number of azo groups is 2. The highest BCUT2D eigenvalue weighted by Gasteiger charge is 2.26. The molecule has 0 aliphatic carbocycles. The van der Waals surface area contributed by atoms with Gasteiger partial charge in [0.05, 0.1) is 22.1 Å². The number of hydrogen-bond donors (Lipinski definition) is 4. The van der Waals surface area contributed by atoms with Crippen molar-refractivity contribution in [2.75, 3.05) is 21.3 Å². The third-order valence-electron chi connectivity index (χ3n) is 9.44. The van der Waals surface area contributed by atoms with E-state index in [4.69, 9.17) is 46.4 Å². The van der Waals surface area contributed by atoms with E-state index in [0.717, 1.165) is 11.1 Å². The van der Waals surface area contributed by atoms with Crippen LogP contribution >= 0.6 is 46.4 Å². The van der Waals surface area contributed by atoms with E-state index in [-0.39, 0.29) is 49.0 Å². The zero-order chi connectivity index (χ0) is 46.8. The minimum Gasteiger partial charge on any atom is -0.324 e. The molecule has 4 amide bonds. The molecule has 64 heavy (non-hydrogen) atoms. The van der Waals surface area contributed by atoms with Crippen molar-refractivity contribution in [3.8, 4) is 0 Å². The number of hydrogen-bond acceptors (Lipinski definition) is 10. The van der Waals surface area contributed by atoms with Gasteiger partial charge < -0.3 is 21.3 Å². The summed E-state index contributed by atoms with van der Waals surface area (Å²) in [6, 6.07) is 22.6. The summed E-state index contributed by atoms with van der Waals surface area (Å²) in [5.41, 5.74) is 5.01. The van der Waals surface area contributed by atoms with Crippen LogP contribution in [-0.4, -0.2) is 47.3 Å². The number of anilines is 4. The first kappa shape index (κ1) is 48.7. The van der Waals surface area contributed by atoms with Crippen molar-refractivity contribution < 1.29 is 28.8 Å². The van der Waals surface area contributed by atoms with Crippen molar-refractivity contribution >= 4 is 116 Å². The summed E-state index contributed by atoms with van der Waals surface area (Å²) in [6.07, 6.45) is 0. The number of nitrogens with one attached hydrogen (secondary N) is 4. The van der Waals surface area contributed by atoms with Gasteiger partial charge in [0, 0.05) is 43.9 Å². The van der Waals surface area contributed by atoms with Gasteiger partial charge in [0.1, 0.15) is 0 Å². The number of carbonyl (C=O) groups is 6. The standard InChI is InChI=1S/C46H42Cl4N8O6/c1-23-15-37(53-45(63)41(27(5)59)57-55-38-19-31(17-33(49)21-38)43(61)51-35-11-7-29(8-12-35)25(3)47)16-24(2)40(23)54-46(64)42(28(6)60)58-56-39-20-32(18-34(50)22-39)44(62)52-36-13-9-30(10-14-36)26(4)48/h7-22,25-26,41-42H,1-6H3,(H,51,61)(H,52,62)(H,53,63)(H,54,64). The maximum Gasteiger partial charge on any atom is 0.258 e. The molecule has 4 unspecified atom stereocenters. The molecule has 0 saturated carbocycles. The van der Waals surface area contributed by atoms with E-state index in [1.54, 1.807) is 74.5 Å². The molecule has 0 aliphatic heterocycles. The molecule has 0 fully saturated rings. The van der Waals surface area contributed by atoms with Gasteiger partial charge in [-0.2, -0.15) is 20.5 Å². The van der Waals surface area contributed by atoms with E-state index in [2.05, 4.69) is 41.7 Å². The van der Waals surface area contributed by atoms with Crippen LogP contribution in [0.1, 0.15) is 81.4 Å². The number of amides is 4. The van der Waals surface area contributed by atoms with Gasteiger partial charge in [-0.05, 0) is 137 Å². The van der Waals surface area contributed by atoms with Crippen molar-refractivity contribution in [2.45, 2.75) is 64.4 Å². The molecule has 0 aliphatic rings. The second-order valence-corrected chi connectivity index (χ2v) is 16.9. The second kappa shape index (κ2) is 21.8. The van der Waals surface area contributed by atoms with Crippen LogP contribution in [-0.2, 0) is 19.2 Å². The third-order valence-corrected chi connectivity index (χ3v) is 10.4. The first-order valence-electron chi connectivity index (χ1n) is 19.6. The van der Waals surface area contributed by atoms with Crippen LogP contribution in [0.5, 0.6) is 0 Å². The lowest BCUT2D eigenvalue weighted by molar-refractivity contribution is -0.127. The molecule has 5 aromatic rings. The summed E-state index contributed by atoms with van der Waals surface area (Å²) in [5.74, 6) is -3.76. The van der Waals surface area contributed by atoms with Crippen LogP contribution in [0.15, 0.2) is 118 Å². The zero-order valence-corrected chi connectivity index (χ0v) is 38.3. The lowest BCUT2D eigenvalue weighted by atomic mass is 10.1. The highest BCUT2D eigenvalue weighted by atomic mass is 35.5. The smallest absolute Gasteiger partial charge is 0.258 e. The highest BCUT2D eigenvalue weighted by molar-refractivity contribution is 6.31. The number of rotatable bonds is 16. The molecule has 14 nitrogen and oxygen atoms in total. The largest absolute Gasteiger partial charge is 0.324 e. The Balaban J connectivity index is 1.24. The Bertz CT molecular complexity index is 2650. The van der Waals surface area contributed by atoms with Gasteiger partial charge >= 0.3 is 0 Å². The van der Waals surface area contributed by atoms with Crippen molar-refractivity contribution in [3.05, 3.63) is 140 Å². The molecular formula is C46H42Cl4N8O6. The second-order valence-electron chi connectivity index (χ2n) is 14.7. The fourth-order valence-corrected chi connectivity index (χ4v) is 6.87. The van der Waals surface area contributed by atoms with Gasteiger partial charge in [-0.15, -0.1) is 23.2 Å². The highest BCUT2D eigenvalue weighted by Crippen LogP contribution is 2.29. The Labute approximate surface area is 389 Å². The van der Waals surface area contributed by atoms with E-state index in [9.17, 15) is 28.8 Å². The molecule has 330 valence electrons. The first-order valence-corrected chi connectivity index (χ1v) is 21.2. The molecule has 0 spiro atoms. The molecule has 0 radical (unpaired) electrons. The van der Waals surface area contributed by atoms with Crippen LogP contribution in [0.2, 0.25) is 10.0 Å². The average Bonchev–Trinajstić information content (AvgIpc) is 3.22. The van der Waals surface area contributed by atoms with Gasteiger partial charge in [0.15, 0.2) is 11.6 Å². The molecule has 4 atom stereocenters. The number of nitrogens with zero attached hydrogens (tertiary/aromatic N) is 4. The fourth-order valence-electron chi connectivity index (χ4n) is 6.12. The van der Waals surface area contributed by atoms with Gasteiger partial charge in [-0.3, -0.25) is 28.8 Å². The summed E-state index contributed by atoms with van der Waals surface area (Å²) >= 11 is 24.8. The molecule has 0 heterocycles. The van der Waals surface area contributed by atoms with Crippen LogP contribution in [0.3, 0.4) is 0 Å². The predicted octanol–water partition coefficient (Wildman–Crippen LogP) is 12.1. The number of Topliss-reactive ketones (excluding diaryl/α,β-unsaturated/α-hetero) is 2. The molecule has 0 saturated heterocycles. The van der Waals surface area contributed by atoms with Gasteiger partial charge in [0.25, 0.3) is 23.6 Å². The molecule has 0 aromatic heterocycles. The normalized spacial score (nSPS) is 13.2. The van der Waals surface area contributed by atoms with Gasteiger partial charge in [-0.1, -0.05) is 47.5 Å². The Morgan fingerprint density at radius 2 is 0.875 bits per heavy atom. The van der Waals surface area contributed by atoms with Crippen molar-refractivity contribution in [1.82, 2.24) is 0 Å². The Hall–Kier alpha value is -6.32. The van der Waals surface area contributed by atoms with Crippen LogP contribution in [0.25, 0.3) is 0 Å². The van der Waals surface area contributed by atoms with Gasteiger partial charge in [0.2, 0.25) is 12.1 Å². The molecule has 0 bridgehead atoms. The van der Waals surface area contributed by atoms with E-state index in [0.29, 0.717) is 28.2 Å². The SMILES string of the molecule is CC(=O)C(N=Nc1cc(Cl)cc(C(=O)Nc2ccc(C(C)Cl)cc2)c1)C(=O)Nc1cc(C)c(NC(=O)C(N=Nc2cc(Cl)cc(C(=O)Nc3ccc(C(C)Cl)cc3)c2)C(C)=O)c(C)c1. The monoisotopic (exact) mass is 942 g/mol. The average molecular weight is 945 g/mol. The predicted molar refractivity (Wildman–Crippen MR) is 251 cm³/mol. The Morgan fingerprint density at radius 1 is 0.500 bits per heavy atom. The van der Waals surface area contributed by atoms with Crippen molar-refractivity contribution in [2.24, 2.45) is 20.5 Å². The number of carbonyl (C=O) groups excluding carboxylic acids is 6. The van der Waals surface area contributed by atoms with E-state index in [1.807, 2.05) is 13.8 Å². The van der Waals surface area contributed by atoms with E-state index < -0.39 is 47.3 Å². The van der Waals surface area contributed by atoms with Crippen LogP contribution in [0.4, 0.5) is 34.1 Å². The number of aryl methyl sites for hydroxylation is 2. The molecule has 5 aromatic carbocycles. The molecular weight excluding hydrogens is 902 g/mol. The number of ketones is 2. The Morgan fingerprint density at radius 3 is 1.23 bits per heavy atom. The van der Waals surface area contributed by atoms with Crippen LogP contribution < -0.4 is 21.3 Å². The lowest BCUT2D eigenvalue weighted by Crippen LogP contribution is -2.33.